The number of nitrogens with zero attached hydrogens (tertiary/aromatic N) is 1. The molecule has 0 spiro atoms. The number of hydrogen-bond acceptors (Lipinski definition) is 5. The summed E-state index contributed by atoms with van der Waals surface area (Å²) in [6.45, 7) is 0.882. The van der Waals surface area contributed by atoms with E-state index in [1.54, 1.807) is 37.4 Å². The predicted octanol–water partition coefficient (Wildman–Crippen LogP) is 0.839. The van der Waals surface area contributed by atoms with E-state index in [0.717, 1.165) is 0 Å². The molecule has 1 aromatic carbocycles. The van der Waals surface area contributed by atoms with Gasteiger partial charge in [-0.3, -0.25) is 0 Å². The lowest BCUT2D eigenvalue weighted by Gasteiger charge is -2.09. The summed E-state index contributed by atoms with van der Waals surface area (Å²) in [5.74, 6) is 0.426. The molecule has 0 atom stereocenters. The van der Waals surface area contributed by atoms with E-state index in [9.17, 15) is 8.42 Å². The van der Waals surface area contributed by atoms with Crippen LogP contribution in [0.25, 0.3) is 11.3 Å². The van der Waals surface area contributed by atoms with Crippen molar-refractivity contribution in [2.75, 3.05) is 20.1 Å². The van der Waals surface area contributed by atoms with E-state index in [2.05, 4.69) is 15.2 Å². The van der Waals surface area contributed by atoms with Gasteiger partial charge in [0.1, 0.15) is 0 Å². The third kappa shape index (κ3) is 3.19. The molecule has 0 bridgehead atoms. The first-order chi connectivity index (χ1) is 9.15. The van der Waals surface area contributed by atoms with E-state index in [4.69, 9.17) is 4.52 Å². The SMILES string of the molecule is CNCCNS(=O)(=O)c1ccccc1-c1ccno1. The number of likely N-dealkylation sites (N-methyl/N-ethyl adjacent to an activating group) is 1. The van der Waals surface area contributed by atoms with Gasteiger partial charge in [-0.25, -0.2) is 13.1 Å². The Labute approximate surface area is 111 Å². The molecule has 19 heavy (non-hydrogen) atoms. The minimum absolute atomic E-state index is 0.183. The molecule has 0 aliphatic rings. The van der Waals surface area contributed by atoms with Gasteiger partial charge in [0.15, 0.2) is 5.76 Å². The molecule has 0 fully saturated rings. The van der Waals surface area contributed by atoms with Gasteiger partial charge >= 0.3 is 0 Å². The molecule has 0 radical (unpaired) electrons. The summed E-state index contributed by atoms with van der Waals surface area (Å²) in [5.41, 5.74) is 0.497. The van der Waals surface area contributed by atoms with Gasteiger partial charge in [-0.2, -0.15) is 0 Å². The third-order valence-electron chi connectivity index (χ3n) is 2.55. The van der Waals surface area contributed by atoms with Crippen molar-refractivity contribution in [2.45, 2.75) is 4.90 Å². The number of aromatic nitrogens is 1. The zero-order valence-electron chi connectivity index (χ0n) is 10.5. The van der Waals surface area contributed by atoms with Gasteiger partial charge in [0.05, 0.1) is 11.1 Å². The molecule has 102 valence electrons. The van der Waals surface area contributed by atoms with E-state index in [0.29, 0.717) is 24.4 Å². The highest BCUT2D eigenvalue weighted by molar-refractivity contribution is 7.89. The Morgan fingerprint density at radius 1 is 1.21 bits per heavy atom. The van der Waals surface area contributed by atoms with Crippen LogP contribution < -0.4 is 10.0 Å². The van der Waals surface area contributed by atoms with Crippen LogP contribution in [0.2, 0.25) is 0 Å². The van der Waals surface area contributed by atoms with Gasteiger partial charge in [-0.15, -0.1) is 0 Å². The topological polar surface area (TPSA) is 84.2 Å². The molecule has 1 heterocycles. The van der Waals surface area contributed by atoms with Crippen LogP contribution in [0.15, 0.2) is 45.9 Å². The summed E-state index contributed by atoms with van der Waals surface area (Å²) in [5, 5.41) is 6.48. The Kier molecular flexibility index (Phi) is 4.31. The van der Waals surface area contributed by atoms with E-state index in [1.165, 1.54) is 6.20 Å². The maximum absolute atomic E-state index is 12.2. The first-order valence-electron chi connectivity index (χ1n) is 5.79. The van der Waals surface area contributed by atoms with Crippen LogP contribution in [0, 0.1) is 0 Å². The zero-order chi connectivity index (χ0) is 13.7. The highest BCUT2D eigenvalue weighted by Crippen LogP contribution is 2.26. The van der Waals surface area contributed by atoms with Crippen molar-refractivity contribution in [1.82, 2.24) is 15.2 Å². The first kappa shape index (κ1) is 13.7. The predicted molar refractivity (Wildman–Crippen MR) is 71.1 cm³/mol. The highest BCUT2D eigenvalue weighted by atomic mass is 32.2. The van der Waals surface area contributed by atoms with E-state index in [1.807, 2.05) is 0 Å². The van der Waals surface area contributed by atoms with Gasteiger partial charge < -0.3 is 9.84 Å². The minimum atomic E-state index is -3.57. The summed E-state index contributed by atoms with van der Waals surface area (Å²) >= 11 is 0. The molecule has 0 saturated heterocycles. The second kappa shape index (κ2) is 5.96. The molecule has 2 rings (SSSR count). The molecule has 0 saturated carbocycles. The Morgan fingerprint density at radius 3 is 2.68 bits per heavy atom. The summed E-state index contributed by atoms with van der Waals surface area (Å²) < 4.78 is 32.0. The fraction of sp³-hybridized carbons (Fsp3) is 0.250. The second-order valence-electron chi connectivity index (χ2n) is 3.87. The molecule has 2 N–H and O–H groups in total. The highest BCUT2D eigenvalue weighted by Gasteiger charge is 2.19. The van der Waals surface area contributed by atoms with E-state index in [-0.39, 0.29) is 4.90 Å². The van der Waals surface area contributed by atoms with Gasteiger partial charge in [0.25, 0.3) is 0 Å². The Bertz CT molecular complexity index is 623. The van der Waals surface area contributed by atoms with Crippen molar-refractivity contribution in [2.24, 2.45) is 0 Å². The van der Waals surface area contributed by atoms with Crippen LogP contribution in [0.1, 0.15) is 0 Å². The summed E-state index contributed by atoms with van der Waals surface area (Å²) in [6, 6.07) is 8.28. The van der Waals surface area contributed by atoms with Gasteiger partial charge in [0.2, 0.25) is 10.0 Å². The summed E-state index contributed by atoms with van der Waals surface area (Å²) in [6.07, 6.45) is 1.48. The summed E-state index contributed by atoms with van der Waals surface area (Å²) in [4.78, 5) is 0.183. The lowest BCUT2D eigenvalue weighted by Crippen LogP contribution is -2.30. The molecule has 0 amide bonds. The van der Waals surface area contributed by atoms with Crippen molar-refractivity contribution in [3.05, 3.63) is 36.5 Å². The quantitative estimate of drug-likeness (QED) is 0.766. The summed E-state index contributed by atoms with van der Waals surface area (Å²) in [7, 11) is -1.81. The standard InChI is InChI=1S/C12H15N3O3S/c1-13-8-9-15-19(16,17)12-5-3-2-4-10(12)11-6-7-14-18-11/h2-7,13,15H,8-9H2,1H3. The van der Waals surface area contributed by atoms with Gasteiger partial charge in [0, 0.05) is 24.7 Å². The average Bonchev–Trinajstić information content (AvgIpc) is 2.93. The van der Waals surface area contributed by atoms with Crippen LogP contribution in [-0.2, 0) is 10.0 Å². The van der Waals surface area contributed by atoms with Crippen molar-refractivity contribution < 1.29 is 12.9 Å². The van der Waals surface area contributed by atoms with Crippen molar-refractivity contribution in [1.29, 1.82) is 0 Å². The monoisotopic (exact) mass is 281 g/mol. The Balaban J connectivity index is 2.35. The van der Waals surface area contributed by atoms with Crippen LogP contribution in [-0.4, -0.2) is 33.7 Å². The maximum Gasteiger partial charge on any atom is 0.241 e. The lowest BCUT2D eigenvalue weighted by atomic mass is 10.2. The van der Waals surface area contributed by atoms with Crippen LogP contribution in [0.4, 0.5) is 0 Å². The number of sulfonamides is 1. The van der Waals surface area contributed by atoms with Crippen LogP contribution >= 0.6 is 0 Å². The Hall–Kier alpha value is -1.70. The molecule has 6 nitrogen and oxygen atoms in total. The smallest absolute Gasteiger partial charge is 0.241 e. The average molecular weight is 281 g/mol. The van der Waals surface area contributed by atoms with Crippen molar-refractivity contribution in [3.63, 3.8) is 0 Å². The third-order valence-corrected chi connectivity index (χ3v) is 4.07. The molecular formula is C12H15N3O3S. The fourth-order valence-corrected chi connectivity index (χ4v) is 2.89. The Morgan fingerprint density at radius 2 is 2.00 bits per heavy atom. The molecule has 0 aliphatic carbocycles. The van der Waals surface area contributed by atoms with E-state index < -0.39 is 10.0 Å². The number of benzene rings is 1. The normalized spacial score (nSPS) is 11.6. The van der Waals surface area contributed by atoms with Crippen LogP contribution in [0.3, 0.4) is 0 Å². The van der Waals surface area contributed by atoms with Crippen molar-refractivity contribution in [3.8, 4) is 11.3 Å². The lowest BCUT2D eigenvalue weighted by molar-refractivity contribution is 0.431. The number of rotatable bonds is 6. The molecule has 1 aromatic heterocycles. The second-order valence-corrected chi connectivity index (χ2v) is 5.61. The van der Waals surface area contributed by atoms with Gasteiger partial charge in [-0.05, 0) is 19.2 Å². The largest absolute Gasteiger partial charge is 0.356 e. The van der Waals surface area contributed by atoms with Crippen LogP contribution in [0.5, 0.6) is 0 Å². The zero-order valence-corrected chi connectivity index (χ0v) is 11.3. The van der Waals surface area contributed by atoms with Crippen molar-refractivity contribution >= 4 is 10.0 Å². The molecule has 0 aliphatic heterocycles. The molecule has 0 unspecified atom stereocenters. The number of nitrogens with one attached hydrogen (secondary N) is 2. The van der Waals surface area contributed by atoms with Gasteiger partial charge in [-0.1, -0.05) is 17.3 Å². The fourth-order valence-electron chi connectivity index (χ4n) is 1.65. The molecule has 2 aromatic rings. The minimum Gasteiger partial charge on any atom is -0.356 e. The maximum atomic E-state index is 12.2. The molecular weight excluding hydrogens is 266 g/mol. The molecule has 7 heteroatoms. The first-order valence-corrected chi connectivity index (χ1v) is 7.28. The number of hydrogen-bond donors (Lipinski definition) is 2. The van der Waals surface area contributed by atoms with E-state index >= 15 is 0 Å².